The van der Waals surface area contributed by atoms with E-state index < -0.39 is 16.0 Å². The van der Waals surface area contributed by atoms with Gasteiger partial charge < -0.3 is 18.8 Å². The number of carbonyl (C=O) groups excluding carboxylic acids is 1. The first-order valence-corrected chi connectivity index (χ1v) is 10.4. The summed E-state index contributed by atoms with van der Waals surface area (Å²) in [5, 5.41) is 0. The number of benzene rings is 1. The van der Waals surface area contributed by atoms with E-state index in [1.807, 2.05) is 32.0 Å². The van der Waals surface area contributed by atoms with Crippen LogP contribution in [0.15, 0.2) is 35.4 Å². The molecule has 28 heavy (non-hydrogen) atoms. The van der Waals surface area contributed by atoms with Gasteiger partial charge in [0.1, 0.15) is 10.6 Å². The first kappa shape index (κ1) is 21.8. The van der Waals surface area contributed by atoms with Crippen molar-refractivity contribution >= 4 is 16.0 Å². The Balaban J connectivity index is 2.06. The van der Waals surface area contributed by atoms with Gasteiger partial charge in [-0.25, -0.2) is 17.9 Å². The average Bonchev–Trinajstić information content (AvgIpc) is 3.06. The number of hydrogen-bond donors (Lipinski definition) is 1. The van der Waals surface area contributed by atoms with Gasteiger partial charge in [-0.2, -0.15) is 0 Å². The van der Waals surface area contributed by atoms with Crippen molar-refractivity contribution < 1.29 is 27.4 Å². The number of methoxy groups -OCH3 is 1. The highest BCUT2D eigenvalue weighted by Gasteiger charge is 2.20. The molecular weight excluding hydrogens is 384 g/mol. The number of sulfonamides is 1. The van der Waals surface area contributed by atoms with Gasteiger partial charge in [-0.05, 0) is 44.0 Å². The zero-order valence-electron chi connectivity index (χ0n) is 16.5. The van der Waals surface area contributed by atoms with E-state index in [2.05, 4.69) is 9.46 Å². The standard InChI is InChI=1S/C19H26N2O6S/c1-5-26-17-8-7-14(11-18(17)27-6-2)9-10-20-28(23,24)15-12-16(19(22)25-4)21(3)13-15/h7-8,11-13,20H,5-6,9-10H2,1-4H3. The van der Waals surface area contributed by atoms with Crippen LogP contribution in [0.4, 0.5) is 0 Å². The van der Waals surface area contributed by atoms with Crippen molar-refractivity contribution in [2.45, 2.75) is 25.2 Å². The number of aromatic nitrogens is 1. The average molecular weight is 410 g/mol. The molecule has 0 amide bonds. The highest BCUT2D eigenvalue weighted by atomic mass is 32.2. The lowest BCUT2D eigenvalue weighted by atomic mass is 10.1. The molecule has 0 saturated heterocycles. The van der Waals surface area contributed by atoms with Crippen LogP contribution in [0.1, 0.15) is 29.9 Å². The predicted molar refractivity (Wildman–Crippen MR) is 104 cm³/mol. The van der Waals surface area contributed by atoms with Crippen molar-refractivity contribution in [1.82, 2.24) is 9.29 Å². The summed E-state index contributed by atoms with van der Waals surface area (Å²) in [6.45, 7) is 5.02. The maximum absolute atomic E-state index is 12.5. The summed E-state index contributed by atoms with van der Waals surface area (Å²) >= 11 is 0. The van der Waals surface area contributed by atoms with Crippen molar-refractivity contribution in [3.8, 4) is 11.5 Å². The summed E-state index contributed by atoms with van der Waals surface area (Å²) in [7, 11) is -0.917. The van der Waals surface area contributed by atoms with E-state index in [1.54, 1.807) is 7.05 Å². The van der Waals surface area contributed by atoms with Crippen LogP contribution in [0.5, 0.6) is 11.5 Å². The summed E-state index contributed by atoms with van der Waals surface area (Å²) in [4.78, 5) is 11.7. The van der Waals surface area contributed by atoms with E-state index in [1.165, 1.54) is 23.9 Å². The molecule has 0 aliphatic carbocycles. The smallest absolute Gasteiger partial charge is 0.354 e. The molecule has 0 unspecified atom stereocenters. The second-order valence-electron chi connectivity index (χ2n) is 5.96. The summed E-state index contributed by atoms with van der Waals surface area (Å²) in [6, 6.07) is 6.83. The largest absolute Gasteiger partial charge is 0.490 e. The number of hydrogen-bond acceptors (Lipinski definition) is 6. The normalized spacial score (nSPS) is 11.3. The van der Waals surface area contributed by atoms with Gasteiger partial charge in [0.15, 0.2) is 11.5 Å². The maximum atomic E-state index is 12.5. The van der Waals surface area contributed by atoms with Crippen LogP contribution < -0.4 is 14.2 Å². The van der Waals surface area contributed by atoms with E-state index >= 15 is 0 Å². The van der Waals surface area contributed by atoms with Crippen LogP contribution in [0.2, 0.25) is 0 Å². The molecule has 0 bridgehead atoms. The molecule has 1 heterocycles. The van der Waals surface area contributed by atoms with Crippen LogP contribution in [-0.4, -0.2) is 45.8 Å². The number of ether oxygens (including phenoxy) is 3. The molecule has 154 valence electrons. The molecule has 0 aliphatic rings. The molecule has 1 aromatic heterocycles. The van der Waals surface area contributed by atoms with Gasteiger partial charge in [-0.3, -0.25) is 0 Å². The van der Waals surface area contributed by atoms with E-state index in [0.29, 0.717) is 31.1 Å². The Morgan fingerprint density at radius 2 is 1.79 bits per heavy atom. The molecule has 0 aliphatic heterocycles. The van der Waals surface area contributed by atoms with Crippen molar-refractivity contribution in [3.05, 3.63) is 41.7 Å². The minimum absolute atomic E-state index is 0.0112. The lowest BCUT2D eigenvalue weighted by molar-refractivity contribution is 0.0590. The summed E-state index contributed by atoms with van der Waals surface area (Å²) in [6.07, 6.45) is 1.85. The fraction of sp³-hybridized carbons (Fsp3) is 0.421. The van der Waals surface area contributed by atoms with E-state index in [-0.39, 0.29) is 17.1 Å². The zero-order chi connectivity index (χ0) is 20.7. The molecule has 0 atom stereocenters. The molecule has 8 nitrogen and oxygen atoms in total. The van der Waals surface area contributed by atoms with E-state index in [9.17, 15) is 13.2 Å². The molecule has 1 N–H and O–H groups in total. The fourth-order valence-electron chi connectivity index (χ4n) is 2.65. The van der Waals surface area contributed by atoms with Crippen molar-refractivity contribution in [2.24, 2.45) is 7.05 Å². The molecule has 1 aromatic carbocycles. The number of carbonyl (C=O) groups is 1. The van der Waals surface area contributed by atoms with Crippen LogP contribution in [-0.2, 0) is 28.2 Å². The molecule has 0 radical (unpaired) electrons. The number of nitrogens with one attached hydrogen (secondary N) is 1. The Bertz CT molecular complexity index is 921. The van der Waals surface area contributed by atoms with Gasteiger partial charge in [0.2, 0.25) is 10.0 Å². The van der Waals surface area contributed by atoms with Gasteiger partial charge in [0.25, 0.3) is 0 Å². The second-order valence-corrected chi connectivity index (χ2v) is 7.73. The Hall–Kier alpha value is -2.52. The van der Waals surface area contributed by atoms with Gasteiger partial charge in [-0.1, -0.05) is 6.07 Å². The molecule has 0 fully saturated rings. The molecule has 0 saturated carbocycles. The number of aryl methyl sites for hydroxylation is 1. The third-order valence-electron chi connectivity index (χ3n) is 4.00. The number of esters is 1. The Labute approximate surface area is 165 Å². The molecular formula is C19H26N2O6S. The lowest BCUT2D eigenvalue weighted by Crippen LogP contribution is -2.25. The Morgan fingerprint density at radius 3 is 2.43 bits per heavy atom. The molecule has 0 spiro atoms. The summed E-state index contributed by atoms with van der Waals surface area (Å²) in [5.41, 5.74) is 1.08. The maximum Gasteiger partial charge on any atom is 0.354 e. The van der Waals surface area contributed by atoms with Crippen LogP contribution in [0, 0.1) is 0 Å². The minimum atomic E-state index is -3.75. The molecule has 2 aromatic rings. The molecule has 9 heteroatoms. The predicted octanol–water partition coefficient (Wildman–Crippen LogP) is 2.13. The van der Waals surface area contributed by atoms with Crippen LogP contribution in [0.3, 0.4) is 0 Å². The monoisotopic (exact) mass is 410 g/mol. The first-order valence-electron chi connectivity index (χ1n) is 8.95. The van der Waals surface area contributed by atoms with Gasteiger partial charge >= 0.3 is 5.97 Å². The third kappa shape index (κ3) is 5.26. The minimum Gasteiger partial charge on any atom is -0.490 e. The van der Waals surface area contributed by atoms with Gasteiger partial charge in [0.05, 0.1) is 20.3 Å². The van der Waals surface area contributed by atoms with Crippen molar-refractivity contribution in [3.63, 3.8) is 0 Å². The SMILES string of the molecule is CCOc1ccc(CCNS(=O)(=O)c2cc(C(=O)OC)n(C)c2)cc1OCC. The highest BCUT2D eigenvalue weighted by Crippen LogP contribution is 2.28. The quantitative estimate of drug-likeness (QED) is 0.603. The van der Waals surface area contributed by atoms with Crippen molar-refractivity contribution in [2.75, 3.05) is 26.9 Å². The second kappa shape index (κ2) is 9.61. The Kier molecular flexibility index (Phi) is 7.47. The summed E-state index contributed by atoms with van der Waals surface area (Å²) in [5.74, 6) is 0.700. The van der Waals surface area contributed by atoms with Gasteiger partial charge in [-0.15, -0.1) is 0 Å². The van der Waals surface area contributed by atoms with Gasteiger partial charge in [0, 0.05) is 19.8 Å². The first-order chi connectivity index (χ1) is 13.3. The molecule has 2 rings (SSSR count). The van der Waals surface area contributed by atoms with Crippen molar-refractivity contribution in [1.29, 1.82) is 0 Å². The number of rotatable bonds is 10. The summed E-state index contributed by atoms with van der Waals surface area (Å²) < 4.78 is 44.7. The highest BCUT2D eigenvalue weighted by molar-refractivity contribution is 7.89. The lowest BCUT2D eigenvalue weighted by Gasteiger charge is -2.12. The topological polar surface area (TPSA) is 95.9 Å². The zero-order valence-corrected chi connectivity index (χ0v) is 17.3. The van der Waals surface area contributed by atoms with E-state index in [0.717, 1.165) is 5.56 Å². The van der Waals surface area contributed by atoms with E-state index in [4.69, 9.17) is 9.47 Å². The third-order valence-corrected chi connectivity index (χ3v) is 5.43. The number of nitrogens with zero attached hydrogens (tertiary/aromatic N) is 1. The van der Waals surface area contributed by atoms with Crippen LogP contribution in [0.25, 0.3) is 0 Å². The fourth-order valence-corrected chi connectivity index (χ4v) is 3.75. The van der Waals surface area contributed by atoms with Crippen LogP contribution >= 0.6 is 0 Å². The Morgan fingerprint density at radius 1 is 1.11 bits per heavy atom.